The molecule has 5 heteroatoms. The van der Waals surface area contributed by atoms with Crippen molar-refractivity contribution in [3.8, 4) is 11.3 Å². The monoisotopic (exact) mass is 437 g/mol. The molecule has 3 aromatic rings. The molecule has 3 rings (SSSR count). The smallest absolute Gasteiger partial charge is 0.0827 e. The molecule has 33 heavy (non-hydrogen) atoms. The van der Waals surface area contributed by atoms with E-state index >= 15 is 0 Å². The van der Waals surface area contributed by atoms with Gasteiger partial charge in [0.25, 0.3) is 0 Å². The first-order valence-corrected chi connectivity index (χ1v) is 11.1. The van der Waals surface area contributed by atoms with Crippen LogP contribution in [0, 0.1) is 5.92 Å². The first-order chi connectivity index (χ1) is 16.1. The number of aliphatic imine (C=N–C) groups is 1. The minimum absolute atomic E-state index is 0.641. The van der Waals surface area contributed by atoms with Gasteiger partial charge in [-0.3, -0.25) is 15.1 Å². The van der Waals surface area contributed by atoms with Gasteiger partial charge in [-0.15, -0.1) is 0 Å². The number of nitrogens with zero attached hydrogens (tertiary/aromatic N) is 3. The highest BCUT2D eigenvalue weighted by Gasteiger charge is 2.10. The van der Waals surface area contributed by atoms with Crippen LogP contribution in [0.3, 0.4) is 0 Å². The van der Waals surface area contributed by atoms with Crippen LogP contribution in [0.2, 0.25) is 0 Å². The summed E-state index contributed by atoms with van der Waals surface area (Å²) in [7, 11) is 0. The third kappa shape index (κ3) is 7.09. The Hall–Kier alpha value is -3.83. The standard InChI is InChI=1S/C28H31N5/c1-5-7-22(6-2)12-13-26-27(14-15-30-28(26)25-19-32-33-20-25)31-18-24-10-8-23(9-11-24)17-29-16-21(3)4/h5-15,18-21,29H,1-2,16-17H2,3-4H3,(H,32,33)/b13-12+,22-7+,31-18?. The number of nitrogens with one attached hydrogen (secondary N) is 2. The third-order valence-corrected chi connectivity index (χ3v) is 4.94. The first kappa shape index (κ1) is 23.8. The van der Waals surface area contributed by atoms with Crippen LogP contribution in [0.5, 0.6) is 0 Å². The first-order valence-electron chi connectivity index (χ1n) is 11.1. The molecule has 168 valence electrons. The van der Waals surface area contributed by atoms with Gasteiger partial charge in [0, 0.05) is 36.3 Å². The Morgan fingerprint density at radius 1 is 1.18 bits per heavy atom. The lowest BCUT2D eigenvalue weighted by Crippen LogP contribution is -2.18. The molecule has 0 spiro atoms. The maximum Gasteiger partial charge on any atom is 0.0827 e. The Balaban J connectivity index is 1.88. The zero-order valence-electron chi connectivity index (χ0n) is 19.3. The number of hydrogen-bond donors (Lipinski definition) is 2. The van der Waals surface area contributed by atoms with Crippen molar-refractivity contribution < 1.29 is 0 Å². The van der Waals surface area contributed by atoms with E-state index in [2.05, 4.69) is 71.8 Å². The van der Waals surface area contributed by atoms with E-state index in [0.29, 0.717) is 5.92 Å². The summed E-state index contributed by atoms with van der Waals surface area (Å²) >= 11 is 0. The van der Waals surface area contributed by atoms with Gasteiger partial charge in [-0.25, -0.2) is 0 Å². The van der Waals surface area contributed by atoms with E-state index in [1.54, 1.807) is 24.5 Å². The van der Waals surface area contributed by atoms with Gasteiger partial charge in [-0.2, -0.15) is 5.10 Å². The van der Waals surface area contributed by atoms with E-state index in [-0.39, 0.29) is 0 Å². The average molecular weight is 438 g/mol. The largest absolute Gasteiger partial charge is 0.312 e. The molecule has 1 aromatic carbocycles. The normalized spacial score (nSPS) is 12.2. The zero-order chi connectivity index (χ0) is 23.5. The number of pyridine rings is 1. The number of hydrogen-bond acceptors (Lipinski definition) is 4. The molecule has 2 heterocycles. The maximum absolute atomic E-state index is 4.78. The number of aromatic amines is 1. The summed E-state index contributed by atoms with van der Waals surface area (Å²) in [6, 6.07) is 10.4. The fraction of sp³-hybridized carbons (Fsp3) is 0.179. The van der Waals surface area contributed by atoms with E-state index in [0.717, 1.165) is 46.7 Å². The summed E-state index contributed by atoms with van der Waals surface area (Å²) in [5, 5.41) is 10.4. The second-order valence-electron chi connectivity index (χ2n) is 8.04. The van der Waals surface area contributed by atoms with Crippen LogP contribution in [0.25, 0.3) is 17.3 Å². The van der Waals surface area contributed by atoms with Crippen molar-refractivity contribution in [3.63, 3.8) is 0 Å². The highest BCUT2D eigenvalue weighted by atomic mass is 15.1. The Morgan fingerprint density at radius 3 is 2.67 bits per heavy atom. The lowest BCUT2D eigenvalue weighted by atomic mass is 10.0. The predicted octanol–water partition coefficient (Wildman–Crippen LogP) is 6.28. The number of H-pyrrole nitrogens is 1. The minimum Gasteiger partial charge on any atom is -0.312 e. The number of rotatable bonds is 11. The molecule has 0 amide bonds. The van der Waals surface area contributed by atoms with Gasteiger partial charge in [0.2, 0.25) is 0 Å². The molecule has 2 aromatic heterocycles. The fourth-order valence-corrected chi connectivity index (χ4v) is 3.23. The summed E-state index contributed by atoms with van der Waals surface area (Å²) < 4.78 is 0. The van der Waals surface area contributed by atoms with E-state index < -0.39 is 0 Å². The topological polar surface area (TPSA) is 66.0 Å². The molecule has 5 nitrogen and oxygen atoms in total. The van der Waals surface area contributed by atoms with Crippen LogP contribution in [-0.4, -0.2) is 27.9 Å². The minimum atomic E-state index is 0.641. The molecule has 0 saturated heterocycles. The van der Waals surface area contributed by atoms with Crippen molar-refractivity contribution in [2.45, 2.75) is 20.4 Å². The van der Waals surface area contributed by atoms with Crippen LogP contribution < -0.4 is 5.32 Å². The summed E-state index contributed by atoms with van der Waals surface area (Å²) in [4.78, 5) is 9.37. The number of aromatic nitrogens is 3. The molecule has 0 saturated carbocycles. The van der Waals surface area contributed by atoms with Crippen molar-refractivity contribution >= 4 is 18.0 Å². The molecular weight excluding hydrogens is 406 g/mol. The van der Waals surface area contributed by atoms with E-state index in [1.807, 2.05) is 36.7 Å². The molecule has 0 atom stereocenters. The quantitative estimate of drug-likeness (QED) is 0.274. The van der Waals surface area contributed by atoms with Gasteiger partial charge in [0.15, 0.2) is 0 Å². The van der Waals surface area contributed by atoms with Gasteiger partial charge in [-0.1, -0.05) is 81.7 Å². The summed E-state index contributed by atoms with van der Waals surface area (Å²) in [6.07, 6.45) is 16.6. The van der Waals surface area contributed by atoms with Crippen molar-refractivity contribution in [2.75, 3.05) is 6.54 Å². The molecule has 0 fully saturated rings. The van der Waals surface area contributed by atoms with Gasteiger partial charge in [-0.05, 0) is 35.2 Å². The fourth-order valence-electron chi connectivity index (χ4n) is 3.23. The zero-order valence-corrected chi connectivity index (χ0v) is 19.3. The highest BCUT2D eigenvalue weighted by molar-refractivity contribution is 5.86. The molecular formula is C28H31N5. The Morgan fingerprint density at radius 2 is 2.00 bits per heavy atom. The van der Waals surface area contributed by atoms with E-state index in [1.165, 1.54) is 5.56 Å². The Kier molecular flexibility index (Phi) is 8.86. The van der Waals surface area contributed by atoms with Crippen LogP contribution in [0.4, 0.5) is 5.69 Å². The molecule has 0 aliphatic rings. The molecule has 0 aliphatic heterocycles. The van der Waals surface area contributed by atoms with Gasteiger partial charge in [0.1, 0.15) is 0 Å². The Labute approximate surface area is 196 Å². The predicted molar refractivity (Wildman–Crippen MR) is 140 cm³/mol. The van der Waals surface area contributed by atoms with Gasteiger partial charge in [0.05, 0.1) is 17.6 Å². The highest BCUT2D eigenvalue weighted by Crippen LogP contribution is 2.30. The van der Waals surface area contributed by atoms with Crippen LogP contribution >= 0.6 is 0 Å². The maximum atomic E-state index is 4.78. The lowest BCUT2D eigenvalue weighted by Gasteiger charge is -2.08. The second kappa shape index (κ2) is 12.3. The average Bonchev–Trinajstić information content (AvgIpc) is 3.36. The van der Waals surface area contributed by atoms with Gasteiger partial charge < -0.3 is 5.32 Å². The van der Waals surface area contributed by atoms with Crippen LogP contribution in [0.1, 0.15) is 30.5 Å². The number of allylic oxidation sites excluding steroid dienone is 5. The van der Waals surface area contributed by atoms with E-state index in [9.17, 15) is 0 Å². The van der Waals surface area contributed by atoms with Crippen LogP contribution in [0.15, 0.2) is 96.9 Å². The van der Waals surface area contributed by atoms with E-state index in [4.69, 9.17) is 4.99 Å². The molecule has 2 N–H and O–H groups in total. The van der Waals surface area contributed by atoms with Crippen molar-refractivity contribution in [3.05, 3.63) is 109 Å². The summed E-state index contributed by atoms with van der Waals surface area (Å²) in [6.45, 7) is 13.9. The second-order valence-corrected chi connectivity index (χ2v) is 8.04. The molecule has 0 radical (unpaired) electrons. The summed E-state index contributed by atoms with van der Waals surface area (Å²) in [5.41, 5.74) is 6.68. The van der Waals surface area contributed by atoms with Crippen molar-refractivity contribution in [2.24, 2.45) is 10.9 Å². The van der Waals surface area contributed by atoms with Crippen molar-refractivity contribution in [1.82, 2.24) is 20.5 Å². The summed E-state index contributed by atoms with van der Waals surface area (Å²) in [5.74, 6) is 0.641. The lowest BCUT2D eigenvalue weighted by molar-refractivity contribution is 0.552. The molecule has 0 bridgehead atoms. The number of benzene rings is 1. The third-order valence-electron chi connectivity index (χ3n) is 4.94. The SMILES string of the molecule is C=C/C=C(C=C)/C=C/c1c(N=Cc2ccc(CNCC(C)C)cc2)ccnc1-c1cn[nH]c1. The van der Waals surface area contributed by atoms with Crippen LogP contribution in [-0.2, 0) is 6.54 Å². The Bertz CT molecular complexity index is 1130. The van der Waals surface area contributed by atoms with Crippen molar-refractivity contribution in [1.29, 1.82) is 0 Å². The molecule has 0 unspecified atom stereocenters. The molecule has 0 aliphatic carbocycles. The van der Waals surface area contributed by atoms with Gasteiger partial charge >= 0.3 is 0 Å².